The maximum atomic E-state index is 10.7. The first kappa shape index (κ1) is 10.7. The fourth-order valence-corrected chi connectivity index (χ4v) is 1.96. The van der Waals surface area contributed by atoms with E-state index in [9.17, 15) is 4.79 Å². The second-order valence-electron chi connectivity index (χ2n) is 3.67. The van der Waals surface area contributed by atoms with Gasteiger partial charge in [0.25, 0.3) is 0 Å². The van der Waals surface area contributed by atoms with Gasteiger partial charge in [-0.1, -0.05) is 18.2 Å². The van der Waals surface area contributed by atoms with Gasteiger partial charge in [-0.05, 0) is 18.1 Å². The molecule has 4 heteroatoms. The molecule has 0 aliphatic rings. The van der Waals surface area contributed by atoms with E-state index in [-0.39, 0.29) is 13.0 Å². The van der Waals surface area contributed by atoms with Crippen LogP contribution in [0.15, 0.2) is 24.3 Å². The molecule has 0 aliphatic carbocycles. The summed E-state index contributed by atoms with van der Waals surface area (Å²) >= 11 is 0. The van der Waals surface area contributed by atoms with Gasteiger partial charge in [-0.15, -0.1) is 0 Å². The standard InChI is InChI=1S/C12H13NO3/c14-6-5-9-8-3-1-2-4-10(8)13-11(9)7-12(15)16/h1-4,13-14H,5-7H2,(H,15,16). The van der Waals surface area contributed by atoms with Gasteiger partial charge >= 0.3 is 5.97 Å². The Hall–Kier alpha value is -1.81. The van der Waals surface area contributed by atoms with Crippen molar-refractivity contribution in [2.45, 2.75) is 12.8 Å². The molecule has 0 bridgehead atoms. The van der Waals surface area contributed by atoms with Gasteiger partial charge in [0.05, 0.1) is 6.42 Å². The molecule has 0 aliphatic heterocycles. The van der Waals surface area contributed by atoms with Crippen molar-refractivity contribution in [1.29, 1.82) is 0 Å². The average Bonchev–Trinajstić information content (AvgIpc) is 2.57. The molecule has 1 aromatic heterocycles. The van der Waals surface area contributed by atoms with Crippen LogP contribution in [0, 0.1) is 0 Å². The summed E-state index contributed by atoms with van der Waals surface area (Å²) in [6.07, 6.45) is 0.441. The number of fused-ring (bicyclic) bond motifs is 1. The molecule has 0 spiro atoms. The fourth-order valence-electron chi connectivity index (χ4n) is 1.96. The lowest BCUT2D eigenvalue weighted by molar-refractivity contribution is -0.136. The molecule has 0 atom stereocenters. The summed E-state index contributed by atoms with van der Waals surface area (Å²) in [7, 11) is 0. The number of para-hydroxylation sites is 1. The molecule has 3 N–H and O–H groups in total. The number of rotatable bonds is 4. The largest absolute Gasteiger partial charge is 0.481 e. The molecule has 0 saturated heterocycles. The minimum Gasteiger partial charge on any atom is -0.481 e. The number of carboxylic acid groups (broad SMARTS) is 1. The molecule has 1 heterocycles. The normalized spacial score (nSPS) is 10.8. The van der Waals surface area contributed by atoms with E-state index in [1.54, 1.807) is 0 Å². The van der Waals surface area contributed by atoms with Gasteiger partial charge in [0.1, 0.15) is 0 Å². The Kier molecular flexibility index (Phi) is 2.92. The predicted octanol–water partition coefficient (Wildman–Crippen LogP) is 1.33. The molecule has 0 unspecified atom stereocenters. The van der Waals surface area contributed by atoms with E-state index in [1.807, 2.05) is 24.3 Å². The number of aliphatic hydroxyl groups excluding tert-OH is 1. The Morgan fingerprint density at radius 3 is 2.75 bits per heavy atom. The van der Waals surface area contributed by atoms with Crippen LogP contribution in [-0.2, 0) is 17.6 Å². The summed E-state index contributed by atoms with van der Waals surface area (Å²) in [5.74, 6) is -0.870. The maximum Gasteiger partial charge on any atom is 0.309 e. The molecule has 0 radical (unpaired) electrons. The number of carboxylic acids is 1. The van der Waals surface area contributed by atoms with Gasteiger partial charge in [-0.25, -0.2) is 0 Å². The zero-order valence-corrected chi connectivity index (χ0v) is 8.73. The molecule has 1 aromatic carbocycles. The molecule has 84 valence electrons. The number of nitrogens with one attached hydrogen (secondary N) is 1. The number of aromatic amines is 1. The Balaban J connectivity index is 2.53. The minimum atomic E-state index is -0.870. The zero-order chi connectivity index (χ0) is 11.5. The Labute approximate surface area is 92.5 Å². The summed E-state index contributed by atoms with van der Waals surface area (Å²) in [6.45, 7) is 0.0223. The topological polar surface area (TPSA) is 73.3 Å². The molecule has 16 heavy (non-hydrogen) atoms. The summed E-state index contributed by atoms with van der Waals surface area (Å²) in [6, 6.07) is 7.64. The number of aliphatic carboxylic acids is 1. The highest BCUT2D eigenvalue weighted by Crippen LogP contribution is 2.23. The zero-order valence-electron chi connectivity index (χ0n) is 8.73. The van der Waals surface area contributed by atoms with Gasteiger partial charge in [-0.3, -0.25) is 4.79 Å². The van der Waals surface area contributed by atoms with Crippen LogP contribution in [0.3, 0.4) is 0 Å². The van der Waals surface area contributed by atoms with Crippen LogP contribution in [0.2, 0.25) is 0 Å². The lowest BCUT2D eigenvalue weighted by atomic mass is 10.1. The second-order valence-corrected chi connectivity index (χ2v) is 3.67. The number of benzene rings is 1. The third-order valence-corrected chi connectivity index (χ3v) is 2.59. The molecule has 2 aromatic rings. The van der Waals surface area contributed by atoms with Gasteiger partial charge in [0.2, 0.25) is 0 Å². The number of aromatic nitrogens is 1. The van der Waals surface area contributed by atoms with E-state index < -0.39 is 5.97 Å². The Morgan fingerprint density at radius 2 is 2.06 bits per heavy atom. The minimum absolute atomic E-state index is 0.0223. The predicted molar refractivity (Wildman–Crippen MR) is 60.4 cm³/mol. The number of H-pyrrole nitrogens is 1. The van der Waals surface area contributed by atoms with E-state index >= 15 is 0 Å². The van der Waals surface area contributed by atoms with Crippen molar-refractivity contribution >= 4 is 16.9 Å². The summed E-state index contributed by atoms with van der Waals surface area (Å²) in [5.41, 5.74) is 2.51. The Bertz CT molecular complexity index is 516. The van der Waals surface area contributed by atoms with Crippen LogP contribution < -0.4 is 0 Å². The molecule has 2 rings (SSSR count). The van der Waals surface area contributed by atoms with Crippen LogP contribution in [0.1, 0.15) is 11.3 Å². The lowest BCUT2D eigenvalue weighted by Crippen LogP contribution is -2.04. The maximum absolute atomic E-state index is 10.7. The third kappa shape index (κ3) is 1.92. The number of aliphatic hydroxyl groups is 1. The first-order valence-corrected chi connectivity index (χ1v) is 5.13. The first-order valence-electron chi connectivity index (χ1n) is 5.13. The van der Waals surface area contributed by atoms with E-state index in [4.69, 9.17) is 10.2 Å². The van der Waals surface area contributed by atoms with Crippen LogP contribution >= 0.6 is 0 Å². The van der Waals surface area contributed by atoms with Gasteiger partial charge in [0, 0.05) is 23.2 Å². The van der Waals surface area contributed by atoms with Crippen LogP contribution in [0.25, 0.3) is 10.9 Å². The van der Waals surface area contributed by atoms with E-state index in [1.165, 1.54) is 0 Å². The van der Waals surface area contributed by atoms with Crippen molar-refractivity contribution in [3.05, 3.63) is 35.5 Å². The smallest absolute Gasteiger partial charge is 0.309 e. The average molecular weight is 219 g/mol. The molecular weight excluding hydrogens is 206 g/mol. The molecular formula is C12H13NO3. The van der Waals surface area contributed by atoms with Crippen molar-refractivity contribution in [1.82, 2.24) is 4.98 Å². The highest BCUT2D eigenvalue weighted by atomic mass is 16.4. The molecule has 4 nitrogen and oxygen atoms in total. The number of carbonyl (C=O) groups is 1. The highest BCUT2D eigenvalue weighted by molar-refractivity contribution is 5.86. The van der Waals surface area contributed by atoms with Gasteiger partial charge < -0.3 is 15.2 Å². The molecule has 0 saturated carbocycles. The fraction of sp³-hybridized carbons (Fsp3) is 0.250. The van der Waals surface area contributed by atoms with E-state index in [0.717, 1.165) is 16.5 Å². The van der Waals surface area contributed by atoms with Crippen molar-refractivity contribution in [2.24, 2.45) is 0 Å². The quantitative estimate of drug-likeness (QED) is 0.726. The van der Waals surface area contributed by atoms with Crippen molar-refractivity contribution in [3.8, 4) is 0 Å². The SMILES string of the molecule is O=C(O)Cc1[nH]c2ccccc2c1CCO. The van der Waals surface area contributed by atoms with Gasteiger partial charge in [-0.2, -0.15) is 0 Å². The Morgan fingerprint density at radius 1 is 1.31 bits per heavy atom. The summed E-state index contributed by atoms with van der Waals surface area (Å²) < 4.78 is 0. The van der Waals surface area contributed by atoms with Crippen LogP contribution in [0.5, 0.6) is 0 Å². The van der Waals surface area contributed by atoms with E-state index in [2.05, 4.69) is 4.98 Å². The van der Waals surface area contributed by atoms with E-state index in [0.29, 0.717) is 12.1 Å². The van der Waals surface area contributed by atoms with Crippen molar-refractivity contribution < 1.29 is 15.0 Å². The second kappa shape index (κ2) is 4.37. The lowest BCUT2D eigenvalue weighted by Gasteiger charge is -1.99. The summed E-state index contributed by atoms with van der Waals surface area (Å²) in [5, 5.41) is 18.8. The van der Waals surface area contributed by atoms with Gasteiger partial charge in [0.15, 0.2) is 0 Å². The van der Waals surface area contributed by atoms with Crippen LogP contribution in [0.4, 0.5) is 0 Å². The third-order valence-electron chi connectivity index (χ3n) is 2.59. The number of hydrogen-bond acceptors (Lipinski definition) is 2. The van der Waals surface area contributed by atoms with Crippen molar-refractivity contribution in [2.75, 3.05) is 6.61 Å². The number of hydrogen-bond donors (Lipinski definition) is 3. The van der Waals surface area contributed by atoms with Crippen molar-refractivity contribution in [3.63, 3.8) is 0 Å². The molecule has 0 fully saturated rings. The van der Waals surface area contributed by atoms with Crippen LogP contribution in [-0.4, -0.2) is 27.8 Å². The first-order chi connectivity index (χ1) is 7.72. The molecule has 0 amide bonds. The monoisotopic (exact) mass is 219 g/mol. The highest BCUT2D eigenvalue weighted by Gasteiger charge is 2.12. The summed E-state index contributed by atoms with van der Waals surface area (Å²) in [4.78, 5) is 13.8.